The lowest BCUT2D eigenvalue weighted by atomic mass is 9.91. The summed E-state index contributed by atoms with van der Waals surface area (Å²) < 4.78 is 11.5. The van der Waals surface area contributed by atoms with Crippen molar-refractivity contribution < 1.29 is 19.2 Å². The maximum Gasteiger partial charge on any atom is 0.415 e. The highest BCUT2D eigenvalue weighted by atomic mass is 79.9. The van der Waals surface area contributed by atoms with E-state index in [4.69, 9.17) is 9.47 Å². The molecule has 0 N–H and O–H groups in total. The molecule has 1 atom stereocenters. The van der Waals surface area contributed by atoms with E-state index in [0.717, 1.165) is 16.7 Å². The predicted molar refractivity (Wildman–Crippen MR) is 124 cm³/mol. The molecule has 3 aromatic rings. The highest BCUT2D eigenvalue weighted by molar-refractivity contribution is 9.10. The fourth-order valence-electron chi connectivity index (χ4n) is 3.95. The van der Waals surface area contributed by atoms with Crippen molar-refractivity contribution in [3.8, 4) is 5.75 Å². The highest BCUT2D eigenvalue weighted by Crippen LogP contribution is 2.45. The molecular weight excluding hydrogens is 476 g/mol. The number of anilines is 1. The molecule has 0 radical (unpaired) electrons. The molecule has 0 aromatic heterocycles. The molecule has 1 amide bonds. The number of ether oxygens (including phenoxy) is 2. The molecule has 0 fully saturated rings. The Bertz CT molecular complexity index is 1150. The van der Waals surface area contributed by atoms with Crippen LogP contribution < -0.4 is 9.64 Å². The largest absolute Gasteiger partial charge is 0.497 e. The number of nitro groups is 1. The van der Waals surface area contributed by atoms with Crippen molar-refractivity contribution in [3.63, 3.8) is 0 Å². The van der Waals surface area contributed by atoms with Crippen LogP contribution in [0, 0.1) is 10.1 Å². The number of nitrogens with zero attached hydrogens (tertiary/aromatic N) is 2. The zero-order chi connectivity index (χ0) is 22.7. The van der Waals surface area contributed by atoms with Gasteiger partial charge in [0, 0.05) is 16.6 Å². The van der Waals surface area contributed by atoms with Crippen LogP contribution in [0.1, 0.15) is 29.2 Å². The number of aryl methyl sites for hydroxylation is 1. The summed E-state index contributed by atoms with van der Waals surface area (Å²) in [6, 6.07) is 19.6. The first-order chi connectivity index (χ1) is 15.5. The second-order valence-corrected chi connectivity index (χ2v) is 8.29. The van der Waals surface area contributed by atoms with Gasteiger partial charge in [-0.1, -0.05) is 42.5 Å². The first-order valence-electron chi connectivity index (χ1n) is 10.1. The highest BCUT2D eigenvalue weighted by Gasteiger charge is 2.36. The minimum Gasteiger partial charge on any atom is -0.497 e. The molecule has 0 saturated heterocycles. The van der Waals surface area contributed by atoms with Crippen LogP contribution in [0.15, 0.2) is 71.2 Å². The van der Waals surface area contributed by atoms with E-state index < -0.39 is 11.0 Å². The Hall–Kier alpha value is -3.39. The molecule has 1 heterocycles. The van der Waals surface area contributed by atoms with Crippen molar-refractivity contribution in [1.29, 1.82) is 0 Å². The van der Waals surface area contributed by atoms with Crippen molar-refractivity contribution in [2.45, 2.75) is 25.5 Å². The molecular formula is C24H21BrN2O5. The Kier molecular flexibility index (Phi) is 6.41. The number of nitro benzene ring substituents is 1. The van der Waals surface area contributed by atoms with Crippen LogP contribution in [0.25, 0.3) is 0 Å². The normalized spacial score (nSPS) is 15.1. The number of carbonyl (C=O) groups is 1. The third kappa shape index (κ3) is 4.45. The van der Waals surface area contributed by atoms with Crippen molar-refractivity contribution in [2.75, 3.05) is 12.0 Å². The number of halogens is 1. The van der Waals surface area contributed by atoms with Crippen molar-refractivity contribution in [2.24, 2.45) is 0 Å². The summed E-state index contributed by atoms with van der Waals surface area (Å²) in [5.74, 6) is 0.689. The summed E-state index contributed by atoms with van der Waals surface area (Å²) in [6.45, 7) is 0.126. The van der Waals surface area contributed by atoms with Crippen molar-refractivity contribution in [1.82, 2.24) is 0 Å². The lowest BCUT2D eigenvalue weighted by molar-refractivity contribution is -0.385. The number of methoxy groups -OCH3 is 1. The van der Waals surface area contributed by atoms with Crippen LogP contribution in [-0.4, -0.2) is 18.1 Å². The molecule has 3 aromatic carbocycles. The van der Waals surface area contributed by atoms with Gasteiger partial charge in [-0.3, -0.25) is 15.0 Å². The summed E-state index contributed by atoms with van der Waals surface area (Å²) in [6.07, 6.45) is 0.658. The average molecular weight is 497 g/mol. The number of hydrogen-bond acceptors (Lipinski definition) is 5. The number of non-ortho nitro benzene ring substituents is 1. The zero-order valence-corrected chi connectivity index (χ0v) is 18.9. The third-order valence-corrected chi connectivity index (χ3v) is 6.06. The monoisotopic (exact) mass is 496 g/mol. The summed E-state index contributed by atoms with van der Waals surface area (Å²) in [4.78, 5) is 25.9. The average Bonchev–Trinajstić information content (AvgIpc) is 2.82. The van der Waals surface area contributed by atoms with E-state index >= 15 is 0 Å². The van der Waals surface area contributed by atoms with Gasteiger partial charge in [0.2, 0.25) is 0 Å². The second kappa shape index (κ2) is 9.40. The van der Waals surface area contributed by atoms with Crippen LogP contribution >= 0.6 is 15.9 Å². The summed E-state index contributed by atoms with van der Waals surface area (Å²) >= 11 is 3.46. The van der Waals surface area contributed by atoms with Gasteiger partial charge >= 0.3 is 6.09 Å². The molecule has 7 nitrogen and oxygen atoms in total. The Morgan fingerprint density at radius 3 is 2.66 bits per heavy atom. The van der Waals surface area contributed by atoms with Gasteiger partial charge in [-0.2, -0.15) is 0 Å². The molecule has 1 aliphatic heterocycles. The molecule has 8 heteroatoms. The van der Waals surface area contributed by atoms with Gasteiger partial charge in [0.05, 0.1) is 23.8 Å². The molecule has 4 rings (SSSR count). The van der Waals surface area contributed by atoms with E-state index in [1.807, 2.05) is 54.6 Å². The minimum atomic E-state index is -0.517. The molecule has 1 aliphatic rings. The minimum absolute atomic E-state index is 0.0203. The van der Waals surface area contributed by atoms with Gasteiger partial charge in [0.15, 0.2) is 0 Å². The van der Waals surface area contributed by atoms with Crippen LogP contribution in [0.2, 0.25) is 0 Å². The molecule has 1 unspecified atom stereocenters. The van der Waals surface area contributed by atoms with Crippen LogP contribution in [0.5, 0.6) is 5.75 Å². The number of amides is 1. The maximum absolute atomic E-state index is 13.4. The number of carbonyl (C=O) groups excluding carboxylic acids is 1. The summed E-state index contributed by atoms with van der Waals surface area (Å²) in [7, 11) is 1.59. The van der Waals surface area contributed by atoms with Crippen LogP contribution in [-0.2, 0) is 17.8 Å². The van der Waals surface area contributed by atoms with Gasteiger partial charge < -0.3 is 9.47 Å². The Balaban J connectivity index is 1.74. The van der Waals surface area contributed by atoms with Crippen LogP contribution in [0.4, 0.5) is 16.2 Å². The van der Waals surface area contributed by atoms with Gasteiger partial charge in [0.1, 0.15) is 12.4 Å². The van der Waals surface area contributed by atoms with Gasteiger partial charge in [-0.05, 0) is 57.6 Å². The molecule has 0 spiro atoms. The Morgan fingerprint density at radius 1 is 1.16 bits per heavy atom. The molecule has 0 saturated carbocycles. The third-order valence-electron chi connectivity index (χ3n) is 5.46. The van der Waals surface area contributed by atoms with E-state index in [1.165, 1.54) is 12.1 Å². The fraction of sp³-hybridized carbons (Fsp3) is 0.208. The van der Waals surface area contributed by atoms with E-state index in [-0.39, 0.29) is 18.3 Å². The fourth-order valence-corrected chi connectivity index (χ4v) is 4.64. The number of rotatable bonds is 5. The van der Waals surface area contributed by atoms with Crippen molar-refractivity contribution in [3.05, 3.63) is 98.0 Å². The van der Waals surface area contributed by atoms with Crippen LogP contribution in [0.3, 0.4) is 0 Å². The number of benzene rings is 3. The second-order valence-electron chi connectivity index (χ2n) is 7.43. The summed E-state index contributed by atoms with van der Waals surface area (Å²) in [5.41, 5.74) is 3.07. The van der Waals surface area contributed by atoms with Gasteiger partial charge in [-0.15, -0.1) is 0 Å². The van der Waals surface area contributed by atoms with Crippen molar-refractivity contribution >= 4 is 33.4 Å². The van der Waals surface area contributed by atoms with E-state index in [1.54, 1.807) is 12.0 Å². The SMILES string of the molecule is COc1cccc(C2CCc3cc([N+](=O)[O-])cc(Br)c3N2C(=O)OCc2ccccc2)c1. The molecule has 164 valence electrons. The lowest BCUT2D eigenvalue weighted by Gasteiger charge is -2.37. The smallest absolute Gasteiger partial charge is 0.415 e. The lowest BCUT2D eigenvalue weighted by Crippen LogP contribution is -2.39. The first kappa shape index (κ1) is 21.8. The van der Waals surface area contributed by atoms with Gasteiger partial charge in [-0.25, -0.2) is 4.79 Å². The number of hydrogen-bond donors (Lipinski definition) is 0. The quantitative estimate of drug-likeness (QED) is 0.310. The Morgan fingerprint density at radius 2 is 1.94 bits per heavy atom. The molecule has 32 heavy (non-hydrogen) atoms. The van der Waals surface area contributed by atoms with Gasteiger partial charge in [0.25, 0.3) is 5.69 Å². The molecule has 0 aliphatic carbocycles. The predicted octanol–water partition coefficient (Wildman–Crippen LogP) is 6.20. The zero-order valence-electron chi connectivity index (χ0n) is 17.4. The first-order valence-corrected chi connectivity index (χ1v) is 10.9. The van der Waals surface area contributed by atoms with E-state index in [0.29, 0.717) is 28.8 Å². The summed E-state index contributed by atoms with van der Waals surface area (Å²) in [5, 5.41) is 11.3. The standard InChI is InChI=1S/C24H21BrN2O5/c1-31-20-9-5-8-17(13-20)22-11-10-18-12-19(27(29)30)14-21(25)23(18)26(22)24(28)32-15-16-6-3-2-4-7-16/h2-9,12-14,22H,10-11,15H2,1H3. The van der Waals surface area contributed by atoms with E-state index in [2.05, 4.69) is 15.9 Å². The topological polar surface area (TPSA) is 81.9 Å². The van der Waals surface area contributed by atoms with E-state index in [9.17, 15) is 14.9 Å². The maximum atomic E-state index is 13.4. The molecule has 0 bridgehead atoms. The number of fused-ring (bicyclic) bond motifs is 1. The Labute approximate surface area is 193 Å².